The maximum Gasteiger partial charge on any atom is 0.306 e. The van der Waals surface area contributed by atoms with Crippen LogP contribution in [0.15, 0.2) is 0 Å². The van der Waals surface area contributed by atoms with Crippen LogP contribution < -0.4 is 10.6 Å². The number of carboxylic acid groups (broad SMARTS) is 1. The number of aliphatic hydroxyl groups is 1. The second kappa shape index (κ2) is 7.04. The van der Waals surface area contributed by atoms with Crippen LogP contribution in [0.1, 0.15) is 51.9 Å². The van der Waals surface area contributed by atoms with Crippen molar-refractivity contribution in [1.82, 2.24) is 10.6 Å². The summed E-state index contributed by atoms with van der Waals surface area (Å²) < 4.78 is 0. The molecule has 0 bridgehead atoms. The lowest BCUT2D eigenvalue weighted by atomic mass is 9.79. The molecule has 0 aromatic heterocycles. The van der Waals surface area contributed by atoms with E-state index >= 15 is 0 Å². The van der Waals surface area contributed by atoms with Crippen LogP contribution in [0.2, 0.25) is 0 Å². The minimum absolute atomic E-state index is 0.0437. The van der Waals surface area contributed by atoms with Crippen molar-refractivity contribution < 1.29 is 19.8 Å². The summed E-state index contributed by atoms with van der Waals surface area (Å²) in [6.07, 6.45) is 5.37. The fraction of sp³-hybridized carbons (Fsp3) is 0.857. The van der Waals surface area contributed by atoms with E-state index in [1.165, 1.54) is 13.3 Å². The third-order valence-corrected chi connectivity index (χ3v) is 4.04. The van der Waals surface area contributed by atoms with Crippen molar-refractivity contribution in [2.24, 2.45) is 0 Å². The fourth-order valence-electron chi connectivity index (χ4n) is 2.79. The molecule has 1 atom stereocenters. The summed E-state index contributed by atoms with van der Waals surface area (Å²) in [6.45, 7) is 1.37. The molecule has 1 rings (SSSR count). The molecule has 0 radical (unpaired) electrons. The zero-order chi connectivity index (χ0) is 15.2. The highest BCUT2D eigenvalue weighted by molar-refractivity contribution is 5.77. The Labute approximate surface area is 119 Å². The maximum atomic E-state index is 12.0. The minimum Gasteiger partial charge on any atom is -0.481 e. The summed E-state index contributed by atoms with van der Waals surface area (Å²) in [5.41, 5.74) is -1.57. The number of rotatable bonds is 7. The maximum absolute atomic E-state index is 12.0. The summed E-state index contributed by atoms with van der Waals surface area (Å²) in [6, 6.07) is 0. The molecular formula is C14H26N2O4. The first kappa shape index (κ1) is 16.9. The molecule has 6 heteroatoms. The molecule has 0 aromatic rings. The van der Waals surface area contributed by atoms with Gasteiger partial charge in [-0.3, -0.25) is 9.59 Å². The average Bonchev–Trinajstić information content (AvgIpc) is 2.36. The molecular weight excluding hydrogens is 260 g/mol. The second-order valence-corrected chi connectivity index (χ2v) is 6.11. The van der Waals surface area contributed by atoms with E-state index in [1.54, 1.807) is 0 Å². The highest BCUT2D eigenvalue weighted by Gasteiger charge is 2.33. The summed E-state index contributed by atoms with van der Waals surface area (Å²) in [5.74, 6) is -1.23. The van der Waals surface area contributed by atoms with Gasteiger partial charge in [-0.25, -0.2) is 0 Å². The Morgan fingerprint density at radius 2 is 1.85 bits per heavy atom. The van der Waals surface area contributed by atoms with E-state index in [2.05, 4.69) is 10.6 Å². The lowest BCUT2D eigenvalue weighted by Crippen LogP contribution is -2.50. The van der Waals surface area contributed by atoms with E-state index in [-0.39, 0.29) is 24.4 Å². The Hall–Kier alpha value is -1.14. The van der Waals surface area contributed by atoms with Crippen LogP contribution in [-0.4, -0.2) is 46.8 Å². The van der Waals surface area contributed by atoms with Gasteiger partial charge in [0.05, 0.1) is 12.0 Å². The smallest absolute Gasteiger partial charge is 0.306 e. The van der Waals surface area contributed by atoms with Crippen LogP contribution in [-0.2, 0) is 9.59 Å². The molecule has 1 unspecified atom stereocenters. The number of carboxylic acids is 1. The number of carbonyl (C=O) groups excluding carboxylic acids is 1. The molecule has 0 aliphatic heterocycles. The van der Waals surface area contributed by atoms with Crippen LogP contribution >= 0.6 is 0 Å². The Balaban J connectivity index is 2.44. The predicted molar refractivity (Wildman–Crippen MR) is 75.4 cm³/mol. The zero-order valence-electron chi connectivity index (χ0n) is 12.4. The Bertz CT molecular complexity index is 349. The zero-order valence-corrected chi connectivity index (χ0v) is 12.4. The van der Waals surface area contributed by atoms with Crippen LogP contribution in [0.25, 0.3) is 0 Å². The fourth-order valence-corrected chi connectivity index (χ4v) is 2.79. The first-order valence-corrected chi connectivity index (χ1v) is 7.18. The van der Waals surface area contributed by atoms with Gasteiger partial charge in [0.1, 0.15) is 0 Å². The van der Waals surface area contributed by atoms with Crippen molar-refractivity contribution in [2.75, 3.05) is 13.6 Å². The summed E-state index contributed by atoms with van der Waals surface area (Å²) >= 11 is 0. The van der Waals surface area contributed by atoms with Crippen molar-refractivity contribution in [3.8, 4) is 0 Å². The topological polar surface area (TPSA) is 98.7 Å². The summed E-state index contributed by atoms with van der Waals surface area (Å²) in [5, 5.41) is 24.4. The molecule has 1 aliphatic rings. The van der Waals surface area contributed by atoms with E-state index in [9.17, 15) is 14.7 Å². The van der Waals surface area contributed by atoms with Gasteiger partial charge in [-0.05, 0) is 26.8 Å². The van der Waals surface area contributed by atoms with E-state index in [1.807, 2.05) is 7.05 Å². The van der Waals surface area contributed by atoms with Gasteiger partial charge in [-0.15, -0.1) is 0 Å². The number of amides is 1. The molecule has 0 heterocycles. The standard InChI is InChI=1S/C14H26N2O4/c1-13(20,9-12(18)19)10-16-11(17)8-14(15-2)6-4-3-5-7-14/h15,20H,3-10H2,1-2H3,(H,16,17)(H,18,19). The lowest BCUT2D eigenvalue weighted by molar-refractivity contribution is -0.142. The molecule has 1 saturated carbocycles. The minimum atomic E-state index is -1.42. The van der Waals surface area contributed by atoms with Crippen molar-refractivity contribution in [3.05, 3.63) is 0 Å². The van der Waals surface area contributed by atoms with Crippen LogP contribution in [0.5, 0.6) is 0 Å². The average molecular weight is 286 g/mol. The molecule has 1 fully saturated rings. The van der Waals surface area contributed by atoms with Crippen molar-refractivity contribution in [2.45, 2.75) is 63.0 Å². The van der Waals surface area contributed by atoms with Gasteiger partial charge in [0.25, 0.3) is 0 Å². The summed E-state index contributed by atoms with van der Waals surface area (Å²) in [4.78, 5) is 22.6. The molecule has 1 aliphatic carbocycles. The Morgan fingerprint density at radius 3 is 2.35 bits per heavy atom. The lowest BCUT2D eigenvalue weighted by Gasteiger charge is -2.37. The number of hydrogen-bond donors (Lipinski definition) is 4. The second-order valence-electron chi connectivity index (χ2n) is 6.11. The first-order valence-electron chi connectivity index (χ1n) is 7.18. The SMILES string of the molecule is CNC1(CC(=O)NCC(C)(O)CC(=O)O)CCCCC1. The normalized spacial score (nSPS) is 20.9. The van der Waals surface area contributed by atoms with Gasteiger partial charge in [-0.2, -0.15) is 0 Å². The molecule has 0 spiro atoms. The first-order chi connectivity index (χ1) is 9.29. The van der Waals surface area contributed by atoms with Gasteiger partial charge in [0.2, 0.25) is 5.91 Å². The molecule has 20 heavy (non-hydrogen) atoms. The highest BCUT2D eigenvalue weighted by Crippen LogP contribution is 2.30. The quantitative estimate of drug-likeness (QED) is 0.550. The van der Waals surface area contributed by atoms with Crippen molar-refractivity contribution in [1.29, 1.82) is 0 Å². The van der Waals surface area contributed by atoms with Gasteiger partial charge in [-0.1, -0.05) is 19.3 Å². The summed E-state index contributed by atoms with van der Waals surface area (Å²) in [7, 11) is 1.87. The van der Waals surface area contributed by atoms with E-state index in [0.717, 1.165) is 25.7 Å². The molecule has 4 N–H and O–H groups in total. The van der Waals surface area contributed by atoms with Gasteiger partial charge < -0.3 is 20.8 Å². The predicted octanol–water partition coefficient (Wildman–Crippen LogP) is 0.641. The molecule has 0 aromatic carbocycles. The van der Waals surface area contributed by atoms with E-state index in [0.29, 0.717) is 6.42 Å². The van der Waals surface area contributed by atoms with Gasteiger partial charge in [0, 0.05) is 18.5 Å². The van der Waals surface area contributed by atoms with E-state index < -0.39 is 11.6 Å². The van der Waals surface area contributed by atoms with Crippen LogP contribution in [0.4, 0.5) is 0 Å². The molecule has 6 nitrogen and oxygen atoms in total. The molecule has 116 valence electrons. The number of nitrogens with one attached hydrogen (secondary N) is 2. The van der Waals surface area contributed by atoms with Gasteiger partial charge >= 0.3 is 5.97 Å². The number of carbonyl (C=O) groups is 2. The molecule has 1 amide bonds. The largest absolute Gasteiger partial charge is 0.481 e. The van der Waals surface area contributed by atoms with Crippen LogP contribution in [0, 0.1) is 0 Å². The third-order valence-electron chi connectivity index (χ3n) is 4.04. The Kier molecular flexibility index (Phi) is 5.95. The van der Waals surface area contributed by atoms with Crippen LogP contribution in [0.3, 0.4) is 0 Å². The van der Waals surface area contributed by atoms with Crippen molar-refractivity contribution >= 4 is 11.9 Å². The van der Waals surface area contributed by atoms with Crippen molar-refractivity contribution in [3.63, 3.8) is 0 Å². The monoisotopic (exact) mass is 286 g/mol. The van der Waals surface area contributed by atoms with Gasteiger partial charge in [0.15, 0.2) is 0 Å². The number of aliphatic carboxylic acids is 1. The Morgan fingerprint density at radius 1 is 1.25 bits per heavy atom. The highest BCUT2D eigenvalue weighted by atomic mass is 16.4. The molecule has 0 saturated heterocycles. The number of hydrogen-bond acceptors (Lipinski definition) is 4. The third kappa shape index (κ3) is 5.46. The van der Waals surface area contributed by atoms with E-state index in [4.69, 9.17) is 5.11 Å².